The van der Waals surface area contributed by atoms with Crippen molar-refractivity contribution in [3.8, 4) is 5.75 Å². The number of nitrogens with one attached hydrogen (secondary N) is 1. The molecule has 0 atom stereocenters. The zero-order valence-electron chi connectivity index (χ0n) is 8.62. The van der Waals surface area contributed by atoms with E-state index in [1.54, 1.807) is 19.4 Å². The van der Waals surface area contributed by atoms with Crippen molar-refractivity contribution in [2.45, 2.75) is 0 Å². The van der Waals surface area contributed by atoms with E-state index in [9.17, 15) is 0 Å². The molecule has 0 amide bonds. The number of hydrogen-bond acceptors (Lipinski definition) is 2. The van der Waals surface area contributed by atoms with Crippen molar-refractivity contribution in [1.29, 1.82) is 0 Å². The van der Waals surface area contributed by atoms with Gasteiger partial charge in [-0.3, -0.25) is 4.98 Å². The zero-order chi connectivity index (χ0) is 11.1. The molecule has 0 unspecified atom stereocenters. The van der Waals surface area contributed by atoms with E-state index in [4.69, 9.17) is 16.3 Å². The van der Waals surface area contributed by atoms with E-state index >= 15 is 0 Å². The number of methoxy groups -OCH3 is 1. The van der Waals surface area contributed by atoms with Gasteiger partial charge >= 0.3 is 0 Å². The SMILES string of the molecule is COc1cc(Cl)c2[nH]c3cccnc3c2c1. The molecule has 0 aliphatic rings. The first-order chi connectivity index (χ1) is 7.79. The fourth-order valence-corrected chi connectivity index (χ4v) is 2.13. The molecule has 2 aromatic heterocycles. The van der Waals surface area contributed by atoms with Gasteiger partial charge in [0, 0.05) is 17.6 Å². The molecule has 80 valence electrons. The van der Waals surface area contributed by atoms with Crippen LogP contribution in [0.3, 0.4) is 0 Å². The van der Waals surface area contributed by atoms with Gasteiger partial charge < -0.3 is 9.72 Å². The molecular weight excluding hydrogens is 224 g/mol. The van der Waals surface area contributed by atoms with Crippen LogP contribution in [0, 0.1) is 0 Å². The van der Waals surface area contributed by atoms with Crippen molar-refractivity contribution >= 4 is 33.5 Å². The second kappa shape index (κ2) is 3.39. The molecule has 1 aromatic carbocycles. The molecule has 3 nitrogen and oxygen atoms in total. The Morgan fingerprint density at radius 1 is 1.38 bits per heavy atom. The Bertz CT molecular complexity index is 675. The van der Waals surface area contributed by atoms with Crippen molar-refractivity contribution in [1.82, 2.24) is 9.97 Å². The number of benzene rings is 1. The van der Waals surface area contributed by atoms with Crippen LogP contribution in [0.1, 0.15) is 0 Å². The van der Waals surface area contributed by atoms with Gasteiger partial charge in [-0.25, -0.2) is 0 Å². The highest BCUT2D eigenvalue weighted by atomic mass is 35.5. The quantitative estimate of drug-likeness (QED) is 0.699. The van der Waals surface area contributed by atoms with Crippen LogP contribution in [0.2, 0.25) is 5.02 Å². The Labute approximate surface area is 97.0 Å². The Hall–Kier alpha value is -1.74. The average molecular weight is 233 g/mol. The first kappa shape index (κ1) is 9.48. The third-order valence-electron chi connectivity index (χ3n) is 2.62. The normalized spacial score (nSPS) is 11.1. The Morgan fingerprint density at radius 2 is 2.25 bits per heavy atom. The summed E-state index contributed by atoms with van der Waals surface area (Å²) in [4.78, 5) is 7.59. The number of pyridine rings is 1. The Morgan fingerprint density at radius 3 is 3.06 bits per heavy atom. The van der Waals surface area contributed by atoms with Crippen molar-refractivity contribution < 1.29 is 4.74 Å². The molecular formula is C12H9ClN2O. The number of aromatic amines is 1. The molecule has 3 aromatic rings. The summed E-state index contributed by atoms with van der Waals surface area (Å²) in [5.74, 6) is 0.740. The predicted molar refractivity (Wildman–Crippen MR) is 65.2 cm³/mol. The topological polar surface area (TPSA) is 37.9 Å². The summed E-state index contributed by atoms with van der Waals surface area (Å²) < 4.78 is 5.20. The minimum absolute atomic E-state index is 0.646. The van der Waals surface area contributed by atoms with Crippen LogP contribution in [0.15, 0.2) is 30.5 Å². The number of H-pyrrole nitrogens is 1. The van der Waals surface area contributed by atoms with Gasteiger partial charge in [0.05, 0.1) is 28.7 Å². The standard InChI is InChI=1S/C12H9ClN2O/c1-16-7-5-8-11(9(13)6-7)15-10-3-2-4-14-12(8)10/h2-6,15H,1H3. The van der Waals surface area contributed by atoms with Crippen molar-refractivity contribution in [2.24, 2.45) is 0 Å². The first-order valence-corrected chi connectivity index (χ1v) is 5.27. The van der Waals surface area contributed by atoms with E-state index in [-0.39, 0.29) is 0 Å². The van der Waals surface area contributed by atoms with Crippen LogP contribution < -0.4 is 4.74 Å². The molecule has 16 heavy (non-hydrogen) atoms. The number of halogens is 1. The van der Waals surface area contributed by atoms with Crippen molar-refractivity contribution in [2.75, 3.05) is 7.11 Å². The van der Waals surface area contributed by atoms with Crippen LogP contribution in [-0.2, 0) is 0 Å². The van der Waals surface area contributed by atoms with Gasteiger partial charge in [-0.2, -0.15) is 0 Å². The van der Waals surface area contributed by atoms with Crippen LogP contribution in [-0.4, -0.2) is 17.1 Å². The van der Waals surface area contributed by atoms with E-state index in [1.807, 2.05) is 18.2 Å². The number of ether oxygens (including phenoxy) is 1. The summed E-state index contributed by atoms with van der Waals surface area (Å²) >= 11 is 6.17. The number of rotatable bonds is 1. The molecule has 0 fully saturated rings. The second-order valence-corrected chi connectivity index (χ2v) is 3.96. The van der Waals surface area contributed by atoms with E-state index < -0.39 is 0 Å². The van der Waals surface area contributed by atoms with Crippen LogP contribution in [0.5, 0.6) is 5.75 Å². The highest BCUT2D eigenvalue weighted by Gasteiger charge is 2.09. The summed E-state index contributed by atoms with van der Waals surface area (Å²) in [6.07, 6.45) is 1.77. The third-order valence-corrected chi connectivity index (χ3v) is 2.92. The lowest BCUT2D eigenvalue weighted by atomic mass is 10.2. The lowest BCUT2D eigenvalue weighted by Gasteiger charge is -2.00. The lowest BCUT2D eigenvalue weighted by molar-refractivity contribution is 0.415. The number of hydrogen-bond donors (Lipinski definition) is 1. The minimum Gasteiger partial charge on any atom is -0.497 e. The van der Waals surface area contributed by atoms with Crippen molar-refractivity contribution in [3.63, 3.8) is 0 Å². The largest absolute Gasteiger partial charge is 0.497 e. The average Bonchev–Trinajstić information content (AvgIpc) is 2.68. The van der Waals surface area contributed by atoms with Crippen LogP contribution in [0.25, 0.3) is 21.9 Å². The lowest BCUT2D eigenvalue weighted by Crippen LogP contribution is -1.82. The zero-order valence-corrected chi connectivity index (χ0v) is 9.38. The molecule has 0 bridgehead atoms. The molecule has 3 rings (SSSR count). The fourth-order valence-electron chi connectivity index (χ4n) is 1.87. The van der Waals surface area contributed by atoms with E-state index in [2.05, 4.69) is 9.97 Å². The number of aromatic nitrogens is 2. The van der Waals surface area contributed by atoms with Crippen LogP contribution in [0.4, 0.5) is 0 Å². The number of fused-ring (bicyclic) bond motifs is 3. The third kappa shape index (κ3) is 1.25. The molecule has 0 radical (unpaired) electrons. The second-order valence-electron chi connectivity index (χ2n) is 3.56. The monoisotopic (exact) mass is 232 g/mol. The summed E-state index contributed by atoms with van der Waals surface area (Å²) in [6.45, 7) is 0. The summed E-state index contributed by atoms with van der Waals surface area (Å²) in [5, 5.41) is 1.63. The Balaban J connectivity index is 2.51. The molecule has 1 N–H and O–H groups in total. The molecule has 0 spiro atoms. The van der Waals surface area contributed by atoms with Gasteiger partial charge in [0.25, 0.3) is 0 Å². The molecule has 0 saturated heterocycles. The first-order valence-electron chi connectivity index (χ1n) is 4.89. The van der Waals surface area contributed by atoms with E-state index in [0.29, 0.717) is 5.02 Å². The number of nitrogens with zero attached hydrogens (tertiary/aromatic N) is 1. The van der Waals surface area contributed by atoms with Gasteiger partial charge in [-0.05, 0) is 18.2 Å². The maximum atomic E-state index is 6.17. The summed E-state index contributed by atoms with van der Waals surface area (Å²) in [6, 6.07) is 7.60. The summed E-state index contributed by atoms with van der Waals surface area (Å²) in [5.41, 5.74) is 2.79. The predicted octanol–water partition coefficient (Wildman–Crippen LogP) is 3.38. The smallest absolute Gasteiger partial charge is 0.121 e. The van der Waals surface area contributed by atoms with Gasteiger partial charge in [0.15, 0.2) is 0 Å². The molecule has 0 aliphatic heterocycles. The van der Waals surface area contributed by atoms with Gasteiger partial charge in [-0.1, -0.05) is 11.6 Å². The van der Waals surface area contributed by atoms with E-state index in [0.717, 1.165) is 27.7 Å². The maximum Gasteiger partial charge on any atom is 0.121 e. The Kier molecular flexibility index (Phi) is 2.01. The highest BCUT2D eigenvalue weighted by molar-refractivity contribution is 6.36. The van der Waals surface area contributed by atoms with Gasteiger partial charge in [0.1, 0.15) is 5.75 Å². The fraction of sp³-hybridized carbons (Fsp3) is 0.0833. The highest BCUT2D eigenvalue weighted by Crippen LogP contribution is 2.32. The molecule has 4 heteroatoms. The minimum atomic E-state index is 0.646. The molecule has 0 aliphatic carbocycles. The van der Waals surface area contributed by atoms with Gasteiger partial charge in [-0.15, -0.1) is 0 Å². The van der Waals surface area contributed by atoms with Gasteiger partial charge in [0.2, 0.25) is 0 Å². The van der Waals surface area contributed by atoms with E-state index in [1.165, 1.54) is 0 Å². The van der Waals surface area contributed by atoms with Crippen molar-refractivity contribution in [3.05, 3.63) is 35.5 Å². The molecule has 2 heterocycles. The maximum absolute atomic E-state index is 6.17. The van der Waals surface area contributed by atoms with Crippen LogP contribution >= 0.6 is 11.6 Å². The molecule has 0 saturated carbocycles. The summed E-state index contributed by atoms with van der Waals surface area (Å²) in [7, 11) is 1.62.